The van der Waals surface area contributed by atoms with Gasteiger partial charge in [-0.2, -0.15) is 0 Å². The number of hydrogen-bond acceptors (Lipinski definition) is 3. The number of nitrogens with one attached hydrogen (secondary N) is 1. The van der Waals surface area contributed by atoms with Crippen molar-refractivity contribution in [2.45, 2.75) is 20.4 Å². The molecule has 3 rings (SSSR count). The summed E-state index contributed by atoms with van der Waals surface area (Å²) in [5.41, 5.74) is 2.96. The Kier molecular flexibility index (Phi) is 3.93. The number of fused-ring (bicyclic) bond motifs is 1. The zero-order valence-corrected chi connectivity index (χ0v) is 13.0. The first kappa shape index (κ1) is 15.0. The lowest BCUT2D eigenvalue weighted by molar-refractivity contribution is 0.102. The van der Waals surface area contributed by atoms with Crippen molar-refractivity contribution in [2.24, 2.45) is 0 Å². The summed E-state index contributed by atoms with van der Waals surface area (Å²) in [6.45, 7) is 4.16. The molecule has 0 fully saturated rings. The molecule has 1 amide bonds. The van der Waals surface area contributed by atoms with Crippen molar-refractivity contribution in [3.05, 3.63) is 70.1 Å². The van der Waals surface area contributed by atoms with Gasteiger partial charge in [0.05, 0.1) is 11.0 Å². The molecule has 2 aromatic carbocycles. The number of hydrogen-bond donors (Lipinski definition) is 1. The van der Waals surface area contributed by atoms with Gasteiger partial charge in [-0.3, -0.25) is 9.59 Å². The van der Waals surface area contributed by atoms with Crippen LogP contribution in [-0.2, 0) is 6.54 Å². The molecule has 0 saturated carbocycles. The van der Waals surface area contributed by atoms with E-state index in [1.165, 1.54) is 0 Å². The van der Waals surface area contributed by atoms with Gasteiger partial charge in [0.25, 0.3) is 11.5 Å². The first-order chi connectivity index (χ1) is 11.1. The van der Waals surface area contributed by atoms with Crippen LogP contribution in [0.1, 0.15) is 23.0 Å². The largest absolute Gasteiger partial charge is 0.322 e. The molecule has 1 heterocycles. The second-order valence-electron chi connectivity index (χ2n) is 5.27. The quantitative estimate of drug-likeness (QED) is 0.809. The first-order valence-electron chi connectivity index (χ1n) is 7.47. The highest BCUT2D eigenvalue weighted by Crippen LogP contribution is 2.15. The number of rotatable bonds is 3. The van der Waals surface area contributed by atoms with Crippen LogP contribution in [0, 0.1) is 6.92 Å². The van der Waals surface area contributed by atoms with E-state index in [4.69, 9.17) is 0 Å². The van der Waals surface area contributed by atoms with Crippen molar-refractivity contribution in [1.29, 1.82) is 0 Å². The van der Waals surface area contributed by atoms with E-state index in [2.05, 4.69) is 10.3 Å². The summed E-state index contributed by atoms with van der Waals surface area (Å²) in [4.78, 5) is 28.8. The summed E-state index contributed by atoms with van der Waals surface area (Å²) in [6, 6.07) is 14.5. The molecule has 0 unspecified atom stereocenters. The van der Waals surface area contributed by atoms with E-state index in [1.807, 2.05) is 37.3 Å². The van der Waals surface area contributed by atoms with Crippen LogP contribution in [0.5, 0.6) is 0 Å². The Morgan fingerprint density at radius 2 is 1.91 bits per heavy atom. The van der Waals surface area contributed by atoms with Crippen molar-refractivity contribution < 1.29 is 4.79 Å². The smallest absolute Gasteiger partial charge is 0.272 e. The van der Waals surface area contributed by atoms with Crippen molar-refractivity contribution in [3.63, 3.8) is 0 Å². The maximum atomic E-state index is 12.4. The fourth-order valence-electron chi connectivity index (χ4n) is 2.55. The highest BCUT2D eigenvalue weighted by molar-refractivity contribution is 6.05. The molecule has 1 aromatic heterocycles. The van der Waals surface area contributed by atoms with Crippen molar-refractivity contribution in [3.8, 4) is 0 Å². The minimum Gasteiger partial charge on any atom is -0.322 e. The third-order valence-electron chi connectivity index (χ3n) is 3.72. The maximum absolute atomic E-state index is 12.4. The zero-order valence-electron chi connectivity index (χ0n) is 13.0. The minimum atomic E-state index is -0.202. The summed E-state index contributed by atoms with van der Waals surface area (Å²) in [7, 11) is 0. The molecule has 5 heteroatoms. The van der Waals surface area contributed by atoms with Gasteiger partial charge in [0.1, 0.15) is 5.69 Å². The van der Waals surface area contributed by atoms with Gasteiger partial charge in [-0.05, 0) is 44.2 Å². The summed E-state index contributed by atoms with van der Waals surface area (Å²) in [6.07, 6.45) is 0. The Labute approximate surface area is 133 Å². The fraction of sp³-hybridized carbons (Fsp3) is 0.167. The van der Waals surface area contributed by atoms with Crippen molar-refractivity contribution in [2.75, 3.05) is 5.32 Å². The summed E-state index contributed by atoms with van der Waals surface area (Å²) in [5, 5.41) is 2.84. The number of amides is 1. The Morgan fingerprint density at radius 3 is 2.61 bits per heavy atom. The van der Waals surface area contributed by atoms with Gasteiger partial charge < -0.3 is 9.88 Å². The van der Waals surface area contributed by atoms with Crippen LogP contribution >= 0.6 is 0 Å². The van der Waals surface area contributed by atoms with Crippen LogP contribution in [0.25, 0.3) is 11.0 Å². The normalized spacial score (nSPS) is 10.7. The van der Waals surface area contributed by atoms with Crippen LogP contribution < -0.4 is 10.9 Å². The minimum absolute atomic E-state index is 0.0958. The number of carbonyl (C=O) groups is 1. The molecule has 0 aliphatic rings. The molecule has 0 bridgehead atoms. The summed E-state index contributed by atoms with van der Waals surface area (Å²) in [5.74, 6) is -0.202. The van der Waals surface area contributed by atoms with E-state index >= 15 is 0 Å². The van der Waals surface area contributed by atoms with E-state index in [9.17, 15) is 9.59 Å². The van der Waals surface area contributed by atoms with Gasteiger partial charge in [0.2, 0.25) is 0 Å². The molecule has 0 saturated heterocycles. The first-order valence-corrected chi connectivity index (χ1v) is 7.47. The number of carbonyl (C=O) groups excluding carboxylic acids is 1. The second kappa shape index (κ2) is 6.04. The Hall–Kier alpha value is -2.95. The number of anilines is 1. The lowest BCUT2D eigenvalue weighted by atomic mass is 10.1. The highest BCUT2D eigenvalue weighted by atomic mass is 16.1. The number of para-hydroxylation sites is 1. The fourth-order valence-corrected chi connectivity index (χ4v) is 2.55. The number of aryl methyl sites for hydroxylation is 2. The van der Waals surface area contributed by atoms with Crippen LogP contribution in [0.4, 0.5) is 5.69 Å². The Balaban J connectivity index is 2.02. The zero-order chi connectivity index (χ0) is 16.4. The van der Waals surface area contributed by atoms with Crippen LogP contribution in [-0.4, -0.2) is 15.5 Å². The molecule has 0 aliphatic heterocycles. The van der Waals surface area contributed by atoms with Gasteiger partial charge >= 0.3 is 0 Å². The van der Waals surface area contributed by atoms with E-state index in [0.29, 0.717) is 23.3 Å². The molecule has 0 radical (unpaired) electrons. The van der Waals surface area contributed by atoms with E-state index in [1.54, 1.807) is 29.7 Å². The lowest BCUT2D eigenvalue weighted by Gasteiger charge is -2.10. The molecule has 23 heavy (non-hydrogen) atoms. The lowest BCUT2D eigenvalue weighted by Crippen LogP contribution is -2.23. The third-order valence-corrected chi connectivity index (χ3v) is 3.72. The molecule has 0 aliphatic carbocycles. The monoisotopic (exact) mass is 307 g/mol. The molecule has 0 spiro atoms. The molecule has 5 nitrogen and oxygen atoms in total. The van der Waals surface area contributed by atoms with Gasteiger partial charge in [0.15, 0.2) is 0 Å². The van der Waals surface area contributed by atoms with Gasteiger partial charge in [-0.25, -0.2) is 4.98 Å². The summed E-state index contributed by atoms with van der Waals surface area (Å²) >= 11 is 0. The molecule has 0 atom stereocenters. The van der Waals surface area contributed by atoms with Crippen LogP contribution in [0.2, 0.25) is 0 Å². The van der Waals surface area contributed by atoms with Gasteiger partial charge in [-0.1, -0.05) is 18.2 Å². The van der Waals surface area contributed by atoms with E-state index in [-0.39, 0.29) is 11.5 Å². The maximum Gasteiger partial charge on any atom is 0.272 e. The topological polar surface area (TPSA) is 64.0 Å². The number of aromatic nitrogens is 2. The predicted octanol–water partition coefficient (Wildman–Crippen LogP) is 2.98. The predicted molar refractivity (Wildman–Crippen MR) is 90.8 cm³/mol. The standard InChI is InChI=1S/C18H17N3O2/c1-3-21-16-10-9-13(11-15(16)19-12(2)18(21)23)17(22)20-14-7-5-4-6-8-14/h4-11H,3H2,1-2H3,(H,20,22). The number of benzene rings is 2. The average Bonchev–Trinajstić information content (AvgIpc) is 2.56. The van der Waals surface area contributed by atoms with Crippen LogP contribution in [0.3, 0.4) is 0 Å². The molecule has 3 aromatic rings. The van der Waals surface area contributed by atoms with Gasteiger partial charge in [0, 0.05) is 17.8 Å². The van der Waals surface area contributed by atoms with E-state index in [0.717, 1.165) is 11.2 Å². The van der Waals surface area contributed by atoms with Crippen molar-refractivity contribution in [1.82, 2.24) is 9.55 Å². The molecule has 116 valence electrons. The summed E-state index contributed by atoms with van der Waals surface area (Å²) < 4.78 is 1.66. The number of nitrogens with zero attached hydrogens (tertiary/aromatic N) is 2. The van der Waals surface area contributed by atoms with Crippen molar-refractivity contribution >= 4 is 22.6 Å². The van der Waals surface area contributed by atoms with Crippen LogP contribution in [0.15, 0.2) is 53.3 Å². The Morgan fingerprint density at radius 1 is 1.17 bits per heavy atom. The second-order valence-corrected chi connectivity index (χ2v) is 5.27. The third kappa shape index (κ3) is 2.85. The van der Waals surface area contributed by atoms with E-state index < -0.39 is 0 Å². The Bertz CT molecular complexity index is 930. The molecule has 1 N–H and O–H groups in total. The van der Waals surface area contributed by atoms with Gasteiger partial charge in [-0.15, -0.1) is 0 Å². The molecular weight excluding hydrogens is 290 g/mol. The highest BCUT2D eigenvalue weighted by Gasteiger charge is 2.11. The average molecular weight is 307 g/mol. The SMILES string of the molecule is CCn1c(=O)c(C)nc2cc(C(=O)Nc3ccccc3)ccc21. The molecular formula is C18H17N3O2.